The topological polar surface area (TPSA) is 51.1 Å². The summed E-state index contributed by atoms with van der Waals surface area (Å²) in [6.45, 7) is 11.6. The molecular weight excluding hydrogens is 526 g/mol. The average molecular weight is 577 g/mol. The Balaban J connectivity index is 1.36. The molecule has 0 amide bonds. The van der Waals surface area contributed by atoms with Crippen molar-refractivity contribution in [1.82, 2.24) is 5.32 Å². The molecule has 1 saturated heterocycles. The van der Waals surface area contributed by atoms with E-state index in [4.69, 9.17) is 11.6 Å². The summed E-state index contributed by atoms with van der Waals surface area (Å²) in [5, 5.41) is 16.2. The minimum Gasteiger partial charge on any atom is -0.369 e. The van der Waals surface area contributed by atoms with E-state index in [1.165, 1.54) is 74.8 Å². The van der Waals surface area contributed by atoms with Gasteiger partial charge in [-0.1, -0.05) is 62.6 Å². The van der Waals surface area contributed by atoms with E-state index in [9.17, 15) is 0 Å². The Bertz CT molecular complexity index is 1240. The molecule has 4 N–H and O–H groups in total. The molecular formula is C35H51ClN5+. The van der Waals surface area contributed by atoms with E-state index in [-0.39, 0.29) is 12.3 Å². The van der Waals surface area contributed by atoms with Crippen LogP contribution in [0.4, 0.5) is 17.1 Å². The van der Waals surface area contributed by atoms with E-state index >= 15 is 0 Å². The number of halogens is 1. The summed E-state index contributed by atoms with van der Waals surface area (Å²) in [7, 11) is 0. The van der Waals surface area contributed by atoms with E-state index in [0.717, 1.165) is 29.2 Å². The van der Waals surface area contributed by atoms with Gasteiger partial charge in [0.15, 0.2) is 0 Å². The Kier molecular flexibility index (Phi) is 10.3. The first-order valence-corrected chi connectivity index (χ1v) is 16.5. The van der Waals surface area contributed by atoms with Crippen molar-refractivity contribution >= 4 is 34.9 Å². The summed E-state index contributed by atoms with van der Waals surface area (Å²) < 4.78 is 2.60. The van der Waals surface area contributed by atoms with Gasteiger partial charge in [0.2, 0.25) is 0 Å². The molecule has 0 aromatic heterocycles. The van der Waals surface area contributed by atoms with Crippen LogP contribution in [-0.2, 0) is 0 Å². The largest absolute Gasteiger partial charge is 0.369 e. The zero-order valence-electron chi connectivity index (χ0n) is 25.6. The minimum absolute atomic E-state index is 0.0243. The van der Waals surface area contributed by atoms with E-state index in [0.29, 0.717) is 17.9 Å². The van der Waals surface area contributed by atoms with Gasteiger partial charge in [0.25, 0.3) is 0 Å². The molecule has 2 aromatic rings. The average Bonchev–Trinajstić information content (AvgIpc) is 3.39. The van der Waals surface area contributed by atoms with Gasteiger partial charge in [-0.15, -0.1) is 0 Å². The quantitative estimate of drug-likeness (QED) is 0.178. The molecule has 2 aromatic carbocycles. The highest BCUT2D eigenvalue weighted by Crippen LogP contribution is 2.38. The second-order valence-electron chi connectivity index (χ2n) is 12.6. The molecule has 3 aliphatic rings. The van der Waals surface area contributed by atoms with Crippen LogP contribution in [0, 0.1) is 18.8 Å². The lowest BCUT2D eigenvalue weighted by atomic mass is 9.84. The summed E-state index contributed by atoms with van der Waals surface area (Å²) in [5.74, 6) is 1.16. The lowest BCUT2D eigenvalue weighted by Crippen LogP contribution is -2.52. The highest BCUT2D eigenvalue weighted by molar-refractivity contribution is 6.31. The molecule has 5 unspecified atom stereocenters. The summed E-state index contributed by atoms with van der Waals surface area (Å²) >= 11 is 6.25. The number of anilines is 3. The zero-order chi connectivity index (χ0) is 28.8. The molecule has 3 heterocycles. The lowest BCUT2D eigenvalue weighted by molar-refractivity contribution is -0.543. The summed E-state index contributed by atoms with van der Waals surface area (Å²) in [6.07, 6.45) is 16.4. The molecule has 0 bridgehead atoms. The number of nitrogens with one attached hydrogen (secondary N) is 4. The number of fused-ring (bicyclic) bond motifs is 1. The number of hydrogen-bond acceptors (Lipinski definition) is 4. The van der Waals surface area contributed by atoms with Crippen LogP contribution in [0.1, 0.15) is 95.9 Å². The monoisotopic (exact) mass is 576 g/mol. The molecule has 3 aliphatic heterocycles. The zero-order valence-corrected chi connectivity index (χ0v) is 26.4. The number of allylic oxidation sites excluding steroid dienone is 1. The molecule has 0 spiro atoms. The first-order chi connectivity index (χ1) is 19.9. The van der Waals surface area contributed by atoms with Gasteiger partial charge in [0.1, 0.15) is 25.5 Å². The van der Waals surface area contributed by atoms with Crippen LogP contribution in [0.25, 0.3) is 0 Å². The Labute approximate surface area is 253 Å². The van der Waals surface area contributed by atoms with Crippen LogP contribution in [0.2, 0.25) is 5.02 Å². The van der Waals surface area contributed by atoms with E-state index in [1.807, 2.05) is 18.2 Å². The van der Waals surface area contributed by atoms with Crippen molar-refractivity contribution in [1.29, 1.82) is 0 Å². The molecule has 0 aliphatic carbocycles. The first-order valence-electron chi connectivity index (χ1n) is 16.1. The number of rotatable bonds is 9. The van der Waals surface area contributed by atoms with Crippen LogP contribution < -0.4 is 21.3 Å². The Morgan fingerprint density at radius 2 is 1.93 bits per heavy atom. The highest BCUT2D eigenvalue weighted by atomic mass is 35.5. The van der Waals surface area contributed by atoms with Crippen LogP contribution in [0.15, 0.2) is 48.0 Å². The maximum atomic E-state index is 6.25. The fourth-order valence-corrected chi connectivity index (χ4v) is 6.93. The molecule has 0 saturated carbocycles. The number of benzene rings is 2. The van der Waals surface area contributed by atoms with Crippen molar-refractivity contribution in [3.8, 4) is 0 Å². The molecule has 6 heteroatoms. The van der Waals surface area contributed by atoms with Gasteiger partial charge in [-0.2, -0.15) is 0 Å². The Morgan fingerprint density at radius 1 is 1.07 bits per heavy atom. The van der Waals surface area contributed by atoms with Gasteiger partial charge in [-0.3, -0.25) is 5.32 Å². The van der Waals surface area contributed by atoms with Gasteiger partial charge >= 0.3 is 0 Å². The van der Waals surface area contributed by atoms with Gasteiger partial charge in [0.05, 0.1) is 17.5 Å². The van der Waals surface area contributed by atoms with Crippen molar-refractivity contribution in [2.75, 3.05) is 29.0 Å². The second kappa shape index (κ2) is 14.1. The minimum atomic E-state index is 0.0243. The third-order valence-corrected chi connectivity index (χ3v) is 9.52. The van der Waals surface area contributed by atoms with Crippen LogP contribution >= 0.6 is 11.6 Å². The standard InChI is InChI=1S/C35H51ClN5/c1-5-7-10-26-13-16-30(28-11-9-19-41(23-28)18-8-6-2)37-34(25(4)20-26)39-32-21-27(14-12-24(32)3)35-38-31-17-15-29(36)22-33(31)40-35/h12-15,17-18,21-22,25,28,30,34-35,37-40H,5-11,16,19-20,23H2,1-4H3/q+1/b26-13+,41-18?. The van der Waals surface area contributed by atoms with Crippen molar-refractivity contribution in [2.45, 2.75) is 104 Å². The first kappa shape index (κ1) is 30.0. The van der Waals surface area contributed by atoms with Gasteiger partial charge in [-0.25, -0.2) is 4.58 Å². The number of nitrogens with zero attached hydrogens (tertiary/aromatic N) is 1. The van der Waals surface area contributed by atoms with Crippen molar-refractivity contribution < 1.29 is 4.58 Å². The van der Waals surface area contributed by atoms with Crippen LogP contribution in [-0.4, -0.2) is 36.1 Å². The third-order valence-electron chi connectivity index (χ3n) is 9.28. The lowest BCUT2D eigenvalue weighted by Gasteiger charge is -2.38. The molecule has 0 radical (unpaired) electrons. The van der Waals surface area contributed by atoms with Crippen molar-refractivity contribution in [2.24, 2.45) is 11.8 Å². The van der Waals surface area contributed by atoms with Gasteiger partial charge < -0.3 is 16.0 Å². The predicted octanol–water partition coefficient (Wildman–Crippen LogP) is 8.72. The molecule has 5 atom stereocenters. The highest BCUT2D eigenvalue weighted by Gasteiger charge is 2.33. The number of aryl methyl sites for hydroxylation is 1. The van der Waals surface area contributed by atoms with E-state index in [2.05, 4.69) is 84.0 Å². The number of unbranched alkanes of at least 4 members (excludes halogenated alkanes) is 2. The third kappa shape index (κ3) is 7.67. The van der Waals surface area contributed by atoms with Crippen LogP contribution in [0.5, 0.6) is 0 Å². The Hall–Kier alpha value is -2.50. The molecule has 5 nitrogen and oxygen atoms in total. The fourth-order valence-electron chi connectivity index (χ4n) is 6.76. The van der Waals surface area contributed by atoms with Gasteiger partial charge in [0, 0.05) is 35.5 Å². The number of hydrogen-bond donors (Lipinski definition) is 4. The van der Waals surface area contributed by atoms with Gasteiger partial charge in [-0.05, 0) is 86.8 Å². The maximum Gasteiger partial charge on any atom is 0.146 e. The fraction of sp³-hybridized carbons (Fsp3) is 0.571. The second-order valence-corrected chi connectivity index (χ2v) is 13.1. The van der Waals surface area contributed by atoms with Crippen molar-refractivity contribution in [3.05, 3.63) is 64.2 Å². The van der Waals surface area contributed by atoms with Crippen LogP contribution in [0.3, 0.4) is 0 Å². The molecule has 1 fully saturated rings. The number of piperidine rings is 1. The molecule has 41 heavy (non-hydrogen) atoms. The van der Waals surface area contributed by atoms with E-state index in [1.54, 1.807) is 5.57 Å². The summed E-state index contributed by atoms with van der Waals surface area (Å²) in [5.41, 5.74) is 7.52. The summed E-state index contributed by atoms with van der Waals surface area (Å²) in [6, 6.07) is 13.3. The Morgan fingerprint density at radius 3 is 2.76 bits per heavy atom. The normalized spacial score (nSPS) is 28.6. The van der Waals surface area contributed by atoms with Crippen molar-refractivity contribution in [3.63, 3.8) is 0 Å². The SMILES string of the molecule is CCCC=[N+]1CCCC(C2C/C=C(\CCCC)CC(C)C(Nc3cc(C4Nc5ccc(Cl)cc5N4)ccc3C)N2)C1. The summed E-state index contributed by atoms with van der Waals surface area (Å²) in [4.78, 5) is 0. The predicted molar refractivity (Wildman–Crippen MR) is 177 cm³/mol. The smallest absolute Gasteiger partial charge is 0.146 e. The maximum absolute atomic E-state index is 6.25. The molecule has 5 rings (SSSR count). The van der Waals surface area contributed by atoms with E-state index < -0.39 is 0 Å². The molecule has 222 valence electrons.